The molecular weight excluding hydrogens is 460 g/mol. The van der Waals surface area contributed by atoms with Gasteiger partial charge in [-0.25, -0.2) is 4.98 Å². The summed E-state index contributed by atoms with van der Waals surface area (Å²) in [6.45, 7) is 4.54. The number of hydrogen-bond acceptors (Lipinski definition) is 7. The van der Waals surface area contributed by atoms with Gasteiger partial charge < -0.3 is 19.9 Å². The lowest BCUT2D eigenvalue weighted by Gasteiger charge is -2.35. The topological polar surface area (TPSA) is 83.5 Å². The van der Waals surface area contributed by atoms with Gasteiger partial charge in [0.05, 0.1) is 12.7 Å². The fourth-order valence-electron chi connectivity index (χ4n) is 3.41. The molecule has 2 aromatic heterocycles. The highest BCUT2D eigenvalue weighted by Crippen LogP contribution is 2.25. The van der Waals surface area contributed by atoms with Gasteiger partial charge in [-0.3, -0.25) is 4.79 Å². The standard InChI is InChI=1S/C22H23BrN6O2/c1-15-4-3-5-19(24-15)25-20-8-9-21(27-26-20)28-10-12-29(13-11-28)22(30)17-14-16(31-2)6-7-18(17)23/h3-9,14H,10-13H2,1-2H3,(H,24,25,26). The van der Waals surface area contributed by atoms with Gasteiger partial charge in [0, 0.05) is 36.3 Å². The van der Waals surface area contributed by atoms with Crippen molar-refractivity contribution in [1.29, 1.82) is 0 Å². The fourth-order valence-corrected chi connectivity index (χ4v) is 3.82. The number of ether oxygens (including phenoxy) is 1. The number of rotatable bonds is 5. The molecule has 3 heterocycles. The van der Waals surface area contributed by atoms with Crippen LogP contribution in [0.2, 0.25) is 0 Å². The van der Waals surface area contributed by atoms with E-state index in [-0.39, 0.29) is 5.91 Å². The predicted octanol–water partition coefficient (Wildman–Crippen LogP) is 3.66. The van der Waals surface area contributed by atoms with Crippen molar-refractivity contribution in [3.63, 3.8) is 0 Å². The van der Waals surface area contributed by atoms with Crippen LogP contribution in [0.3, 0.4) is 0 Å². The van der Waals surface area contributed by atoms with Crippen LogP contribution in [0.4, 0.5) is 17.5 Å². The first-order valence-corrected chi connectivity index (χ1v) is 10.7. The van der Waals surface area contributed by atoms with E-state index in [2.05, 4.69) is 41.3 Å². The average molecular weight is 483 g/mol. The minimum Gasteiger partial charge on any atom is -0.497 e. The Morgan fingerprint density at radius 2 is 1.84 bits per heavy atom. The summed E-state index contributed by atoms with van der Waals surface area (Å²) in [5, 5.41) is 11.8. The van der Waals surface area contributed by atoms with Gasteiger partial charge in [-0.1, -0.05) is 6.07 Å². The first-order chi connectivity index (χ1) is 15.0. The van der Waals surface area contributed by atoms with Crippen LogP contribution in [0.25, 0.3) is 0 Å². The van der Waals surface area contributed by atoms with E-state index in [1.54, 1.807) is 13.2 Å². The van der Waals surface area contributed by atoms with Crippen LogP contribution in [0.5, 0.6) is 5.75 Å². The zero-order valence-corrected chi connectivity index (χ0v) is 19.0. The predicted molar refractivity (Wildman–Crippen MR) is 123 cm³/mol. The quantitative estimate of drug-likeness (QED) is 0.593. The number of aryl methyl sites for hydroxylation is 1. The third-order valence-electron chi connectivity index (χ3n) is 5.09. The average Bonchev–Trinajstić information content (AvgIpc) is 2.80. The molecule has 0 atom stereocenters. The van der Waals surface area contributed by atoms with Crippen molar-refractivity contribution in [2.45, 2.75) is 6.92 Å². The number of anilines is 3. The molecule has 0 unspecified atom stereocenters. The number of aromatic nitrogens is 3. The maximum Gasteiger partial charge on any atom is 0.255 e. The summed E-state index contributed by atoms with van der Waals surface area (Å²) in [7, 11) is 1.59. The second-order valence-electron chi connectivity index (χ2n) is 7.19. The summed E-state index contributed by atoms with van der Waals surface area (Å²) < 4.78 is 6.01. The Morgan fingerprint density at radius 1 is 1.03 bits per heavy atom. The van der Waals surface area contributed by atoms with Gasteiger partial charge in [-0.2, -0.15) is 0 Å². The van der Waals surface area contributed by atoms with Gasteiger partial charge in [-0.15, -0.1) is 10.2 Å². The highest BCUT2D eigenvalue weighted by Gasteiger charge is 2.24. The van der Waals surface area contributed by atoms with E-state index in [9.17, 15) is 4.79 Å². The molecule has 31 heavy (non-hydrogen) atoms. The third-order valence-corrected chi connectivity index (χ3v) is 5.78. The van der Waals surface area contributed by atoms with Gasteiger partial charge in [0.2, 0.25) is 0 Å². The Labute approximate surface area is 189 Å². The number of nitrogens with zero attached hydrogens (tertiary/aromatic N) is 5. The van der Waals surface area contributed by atoms with Crippen molar-refractivity contribution in [3.8, 4) is 5.75 Å². The molecule has 0 aliphatic carbocycles. The molecule has 1 amide bonds. The molecule has 1 fully saturated rings. The van der Waals surface area contributed by atoms with Crippen LogP contribution in [0.15, 0.2) is 53.0 Å². The number of carbonyl (C=O) groups is 1. The molecule has 1 aromatic carbocycles. The highest BCUT2D eigenvalue weighted by molar-refractivity contribution is 9.10. The van der Waals surface area contributed by atoms with E-state index >= 15 is 0 Å². The third kappa shape index (κ3) is 4.93. The summed E-state index contributed by atoms with van der Waals surface area (Å²) in [5.74, 6) is 2.81. The number of piperazine rings is 1. The molecule has 8 nitrogen and oxygen atoms in total. The Hall–Kier alpha value is -3.20. The number of amides is 1. The largest absolute Gasteiger partial charge is 0.497 e. The van der Waals surface area contributed by atoms with Crippen molar-refractivity contribution in [1.82, 2.24) is 20.1 Å². The smallest absolute Gasteiger partial charge is 0.255 e. The van der Waals surface area contributed by atoms with Crippen molar-refractivity contribution in [2.75, 3.05) is 43.5 Å². The van der Waals surface area contributed by atoms with Crippen LogP contribution < -0.4 is 15.0 Å². The van der Waals surface area contributed by atoms with E-state index in [0.29, 0.717) is 43.3 Å². The lowest BCUT2D eigenvalue weighted by atomic mass is 10.1. The normalized spacial score (nSPS) is 13.8. The van der Waals surface area contributed by atoms with E-state index in [0.717, 1.165) is 21.8 Å². The molecule has 4 rings (SSSR count). The number of carbonyl (C=O) groups excluding carboxylic acids is 1. The monoisotopic (exact) mass is 482 g/mol. The summed E-state index contributed by atoms with van der Waals surface area (Å²) in [6.07, 6.45) is 0. The number of methoxy groups -OCH3 is 1. The first-order valence-electron chi connectivity index (χ1n) is 9.95. The lowest BCUT2D eigenvalue weighted by molar-refractivity contribution is 0.0745. The molecule has 3 aromatic rings. The molecule has 1 aliphatic rings. The molecular formula is C22H23BrN6O2. The van der Waals surface area contributed by atoms with Crippen molar-refractivity contribution < 1.29 is 9.53 Å². The van der Waals surface area contributed by atoms with Crippen LogP contribution in [0.1, 0.15) is 16.1 Å². The van der Waals surface area contributed by atoms with Gasteiger partial charge in [0.25, 0.3) is 5.91 Å². The number of nitrogens with one attached hydrogen (secondary N) is 1. The van der Waals surface area contributed by atoms with Crippen molar-refractivity contribution >= 4 is 39.3 Å². The van der Waals surface area contributed by atoms with E-state index in [1.807, 2.05) is 54.3 Å². The summed E-state index contributed by atoms with van der Waals surface area (Å²) in [4.78, 5) is 21.3. The summed E-state index contributed by atoms with van der Waals surface area (Å²) >= 11 is 3.47. The van der Waals surface area contributed by atoms with Crippen molar-refractivity contribution in [3.05, 3.63) is 64.3 Å². The highest BCUT2D eigenvalue weighted by atomic mass is 79.9. The molecule has 0 saturated carbocycles. The van der Waals surface area contributed by atoms with Crippen LogP contribution in [0, 0.1) is 6.92 Å². The lowest BCUT2D eigenvalue weighted by Crippen LogP contribution is -2.49. The molecule has 0 radical (unpaired) electrons. The molecule has 0 spiro atoms. The Morgan fingerprint density at radius 3 is 2.52 bits per heavy atom. The minimum atomic E-state index is -0.0123. The van der Waals surface area contributed by atoms with Crippen molar-refractivity contribution in [2.24, 2.45) is 0 Å². The molecule has 160 valence electrons. The van der Waals surface area contributed by atoms with Gasteiger partial charge in [-0.05, 0) is 65.3 Å². The van der Waals surface area contributed by atoms with E-state index in [1.165, 1.54) is 0 Å². The molecule has 1 N–H and O–H groups in total. The Balaban J connectivity index is 1.37. The minimum absolute atomic E-state index is 0.0123. The Bertz CT molecular complexity index is 1070. The maximum absolute atomic E-state index is 13.0. The second-order valence-corrected chi connectivity index (χ2v) is 8.05. The molecule has 0 bridgehead atoms. The number of hydrogen-bond donors (Lipinski definition) is 1. The van der Waals surface area contributed by atoms with Gasteiger partial charge in [0.1, 0.15) is 11.6 Å². The number of halogens is 1. The molecule has 1 aliphatic heterocycles. The van der Waals surface area contributed by atoms with E-state index in [4.69, 9.17) is 4.74 Å². The molecule has 1 saturated heterocycles. The van der Waals surface area contributed by atoms with Crippen LogP contribution >= 0.6 is 15.9 Å². The summed E-state index contributed by atoms with van der Waals surface area (Å²) in [6, 6.07) is 15.0. The van der Waals surface area contributed by atoms with E-state index < -0.39 is 0 Å². The Kier molecular flexibility index (Phi) is 6.31. The summed E-state index contributed by atoms with van der Waals surface area (Å²) in [5.41, 5.74) is 1.54. The zero-order chi connectivity index (χ0) is 21.8. The van der Waals surface area contributed by atoms with Gasteiger partial charge >= 0.3 is 0 Å². The fraction of sp³-hybridized carbons (Fsp3) is 0.273. The first kappa shape index (κ1) is 21.0. The maximum atomic E-state index is 13.0. The second kappa shape index (κ2) is 9.30. The number of benzene rings is 1. The SMILES string of the molecule is COc1ccc(Br)c(C(=O)N2CCN(c3ccc(Nc4cccc(C)n4)nn3)CC2)c1. The van der Waals surface area contributed by atoms with Crippen LogP contribution in [-0.2, 0) is 0 Å². The number of pyridine rings is 1. The van der Waals surface area contributed by atoms with Crippen LogP contribution in [-0.4, -0.2) is 59.3 Å². The molecule has 9 heteroatoms. The van der Waals surface area contributed by atoms with Gasteiger partial charge in [0.15, 0.2) is 11.6 Å². The zero-order valence-electron chi connectivity index (χ0n) is 17.4.